The molecule has 2 N–H and O–H groups in total. The Hall–Kier alpha value is -1.02. The van der Waals surface area contributed by atoms with Gasteiger partial charge in [-0.3, -0.25) is 0 Å². The van der Waals surface area contributed by atoms with Crippen molar-refractivity contribution in [2.24, 2.45) is 5.92 Å². The maximum Gasteiger partial charge on any atom is 0.118 e. The molecule has 1 atom stereocenters. The molecule has 2 heteroatoms. The third-order valence-corrected chi connectivity index (χ3v) is 2.91. The maximum absolute atomic E-state index is 9.67. The standard InChI is InChI=1S/C12H17NO/c1-9-2-3-12(14)11(6-9)7-10-4-5-13-8-10/h2-3,6,10,13-14H,4-5,7-8H2,1H3. The highest BCUT2D eigenvalue weighted by atomic mass is 16.3. The molecule has 1 saturated heterocycles. The highest BCUT2D eigenvalue weighted by Crippen LogP contribution is 2.23. The topological polar surface area (TPSA) is 32.3 Å². The number of rotatable bonds is 2. The number of aromatic hydroxyl groups is 1. The predicted molar refractivity (Wildman–Crippen MR) is 57.5 cm³/mol. The van der Waals surface area contributed by atoms with E-state index < -0.39 is 0 Å². The van der Waals surface area contributed by atoms with E-state index >= 15 is 0 Å². The van der Waals surface area contributed by atoms with Crippen molar-refractivity contribution in [2.75, 3.05) is 13.1 Å². The lowest BCUT2D eigenvalue weighted by molar-refractivity contribution is 0.459. The van der Waals surface area contributed by atoms with Gasteiger partial charge in [0.05, 0.1) is 0 Å². The van der Waals surface area contributed by atoms with E-state index in [9.17, 15) is 5.11 Å². The van der Waals surface area contributed by atoms with Crippen LogP contribution >= 0.6 is 0 Å². The quantitative estimate of drug-likeness (QED) is 0.747. The van der Waals surface area contributed by atoms with Crippen molar-refractivity contribution in [3.05, 3.63) is 29.3 Å². The van der Waals surface area contributed by atoms with Gasteiger partial charge in [0.2, 0.25) is 0 Å². The molecule has 0 saturated carbocycles. The number of nitrogens with one attached hydrogen (secondary N) is 1. The molecule has 1 aliphatic rings. The number of hydrogen-bond acceptors (Lipinski definition) is 2. The average Bonchev–Trinajstić information content (AvgIpc) is 2.64. The van der Waals surface area contributed by atoms with Crippen LogP contribution in [0.5, 0.6) is 5.75 Å². The smallest absolute Gasteiger partial charge is 0.118 e. The third-order valence-electron chi connectivity index (χ3n) is 2.91. The molecule has 1 unspecified atom stereocenters. The number of aryl methyl sites for hydroxylation is 1. The molecule has 1 aliphatic heterocycles. The van der Waals surface area contributed by atoms with Crippen molar-refractivity contribution in [1.29, 1.82) is 0 Å². The second-order valence-corrected chi connectivity index (χ2v) is 4.20. The fraction of sp³-hybridized carbons (Fsp3) is 0.500. The van der Waals surface area contributed by atoms with E-state index in [0.29, 0.717) is 11.7 Å². The minimum Gasteiger partial charge on any atom is -0.508 e. The molecule has 76 valence electrons. The molecule has 0 radical (unpaired) electrons. The lowest BCUT2D eigenvalue weighted by atomic mass is 9.97. The lowest BCUT2D eigenvalue weighted by Gasteiger charge is -2.10. The second kappa shape index (κ2) is 4.01. The van der Waals surface area contributed by atoms with E-state index in [2.05, 4.69) is 18.3 Å². The summed E-state index contributed by atoms with van der Waals surface area (Å²) in [5, 5.41) is 13.0. The molecule has 0 aliphatic carbocycles. The second-order valence-electron chi connectivity index (χ2n) is 4.20. The number of phenolic OH excluding ortho intramolecular Hbond substituents is 1. The van der Waals surface area contributed by atoms with Gasteiger partial charge < -0.3 is 10.4 Å². The Labute approximate surface area is 85.0 Å². The van der Waals surface area contributed by atoms with Crippen LogP contribution in [-0.2, 0) is 6.42 Å². The molecule has 2 nitrogen and oxygen atoms in total. The van der Waals surface area contributed by atoms with Crippen LogP contribution in [0.25, 0.3) is 0 Å². The van der Waals surface area contributed by atoms with Crippen LogP contribution in [-0.4, -0.2) is 18.2 Å². The van der Waals surface area contributed by atoms with Gasteiger partial charge in [-0.2, -0.15) is 0 Å². The first-order chi connectivity index (χ1) is 6.75. The Morgan fingerprint density at radius 1 is 1.50 bits per heavy atom. The number of phenols is 1. The summed E-state index contributed by atoms with van der Waals surface area (Å²) >= 11 is 0. The van der Waals surface area contributed by atoms with Crippen molar-refractivity contribution >= 4 is 0 Å². The molecule has 0 bridgehead atoms. The van der Waals surface area contributed by atoms with E-state index in [1.807, 2.05) is 6.07 Å². The zero-order valence-electron chi connectivity index (χ0n) is 8.59. The zero-order valence-corrected chi connectivity index (χ0v) is 8.59. The summed E-state index contributed by atoms with van der Waals surface area (Å²) in [6.07, 6.45) is 2.23. The maximum atomic E-state index is 9.67. The van der Waals surface area contributed by atoms with E-state index in [-0.39, 0.29) is 0 Å². The van der Waals surface area contributed by atoms with Crippen molar-refractivity contribution in [2.45, 2.75) is 19.8 Å². The van der Waals surface area contributed by atoms with Crippen molar-refractivity contribution < 1.29 is 5.11 Å². The monoisotopic (exact) mass is 191 g/mol. The number of benzene rings is 1. The molecule has 1 aromatic carbocycles. The van der Waals surface area contributed by atoms with Crippen LogP contribution < -0.4 is 5.32 Å². The molecule has 2 rings (SSSR count). The summed E-state index contributed by atoms with van der Waals surface area (Å²) in [4.78, 5) is 0. The van der Waals surface area contributed by atoms with Gasteiger partial charge >= 0.3 is 0 Å². The van der Waals surface area contributed by atoms with Crippen LogP contribution in [0.1, 0.15) is 17.5 Å². The highest BCUT2D eigenvalue weighted by Gasteiger charge is 2.16. The fourth-order valence-electron chi connectivity index (χ4n) is 2.08. The first-order valence-corrected chi connectivity index (χ1v) is 5.25. The van der Waals surface area contributed by atoms with Crippen LogP contribution in [0, 0.1) is 12.8 Å². The molecule has 0 amide bonds. The summed E-state index contributed by atoms with van der Waals surface area (Å²) in [6.45, 7) is 4.28. The number of hydrogen-bond donors (Lipinski definition) is 2. The summed E-state index contributed by atoms with van der Waals surface area (Å²) in [7, 11) is 0. The fourth-order valence-corrected chi connectivity index (χ4v) is 2.08. The predicted octanol–water partition coefficient (Wildman–Crippen LogP) is 1.85. The van der Waals surface area contributed by atoms with Crippen LogP contribution in [0.4, 0.5) is 0 Å². The van der Waals surface area contributed by atoms with Crippen molar-refractivity contribution in [1.82, 2.24) is 5.32 Å². The first kappa shape index (κ1) is 9.53. The molecule has 1 heterocycles. The van der Waals surface area contributed by atoms with E-state index in [4.69, 9.17) is 0 Å². The van der Waals surface area contributed by atoms with E-state index in [1.165, 1.54) is 12.0 Å². The van der Waals surface area contributed by atoms with Gasteiger partial charge in [0.25, 0.3) is 0 Å². The SMILES string of the molecule is Cc1ccc(O)c(CC2CCNC2)c1. The Morgan fingerprint density at radius 3 is 3.07 bits per heavy atom. The Bertz CT molecular complexity index is 316. The first-order valence-electron chi connectivity index (χ1n) is 5.25. The molecular formula is C12H17NO. The van der Waals surface area contributed by atoms with E-state index in [0.717, 1.165) is 25.1 Å². The van der Waals surface area contributed by atoms with Gasteiger partial charge in [0.1, 0.15) is 5.75 Å². The third kappa shape index (κ3) is 2.07. The van der Waals surface area contributed by atoms with Gasteiger partial charge in [-0.1, -0.05) is 17.7 Å². The lowest BCUT2D eigenvalue weighted by Crippen LogP contribution is -2.10. The largest absolute Gasteiger partial charge is 0.508 e. The molecule has 0 aromatic heterocycles. The van der Waals surface area contributed by atoms with Gasteiger partial charge in [-0.15, -0.1) is 0 Å². The van der Waals surface area contributed by atoms with Crippen molar-refractivity contribution in [3.63, 3.8) is 0 Å². The summed E-state index contributed by atoms with van der Waals surface area (Å²) < 4.78 is 0. The Kier molecular flexibility index (Phi) is 2.73. The van der Waals surface area contributed by atoms with Gasteiger partial charge in [-0.05, 0) is 50.4 Å². The van der Waals surface area contributed by atoms with Crippen molar-refractivity contribution in [3.8, 4) is 5.75 Å². The minimum atomic E-state index is 0.447. The van der Waals surface area contributed by atoms with Crippen LogP contribution in [0.15, 0.2) is 18.2 Å². The zero-order chi connectivity index (χ0) is 9.97. The van der Waals surface area contributed by atoms with Gasteiger partial charge in [0.15, 0.2) is 0 Å². The van der Waals surface area contributed by atoms with Crippen LogP contribution in [0.3, 0.4) is 0 Å². The molecular weight excluding hydrogens is 174 g/mol. The molecule has 1 aromatic rings. The summed E-state index contributed by atoms with van der Waals surface area (Å²) in [5.74, 6) is 1.14. The van der Waals surface area contributed by atoms with Gasteiger partial charge in [0, 0.05) is 0 Å². The summed E-state index contributed by atoms with van der Waals surface area (Å²) in [5.41, 5.74) is 2.32. The highest BCUT2D eigenvalue weighted by molar-refractivity contribution is 5.36. The minimum absolute atomic E-state index is 0.447. The Morgan fingerprint density at radius 2 is 2.36 bits per heavy atom. The average molecular weight is 191 g/mol. The van der Waals surface area contributed by atoms with Gasteiger partial charge in [-0.25, -0.2) is 0 Å². The Balaban J connectivity index is 2.10. The molecule has 1 fully saturated rings. The van der Waals surface area contributed by atoms with E-state index in [1.54, 1.807) is 6.07 Å². The molecule has 14 heavy (non-hydrogen) atoms. The molecule has 0 spiro atoms. The normalized spacial score (nSPS) is 21.4. The van der Waals surface area contributed by atoms with Crippen LogP contribution in [0.2, 0.25) is 0 Å². The summed E-state index contributed by atoms with van der Waals surface area (Å²) in [6, 6.07) is 5.84.